The zero-order chi connectivity index (χ0) is 13.5. The summed E-state index contributed by atoms with van der Waals surface area (Å²) in [5, 5.41) is 12.0. The molecule has 0 aromatic rings. The standard InChI is InChI=1S/C14H29NO2/c1-11(10-14(3,4)5)9-13(17)15-8-6-7-12(2)16/h11-12,16H,6-10H2,1-5H3,(H,15,17). The first-order chi connectivity index (χ1) is 7.70. The second-order valence-electron chi connectivity index (χ2n) is 6.42. The Balaban J connectivity index is 3.65. The van der Waals surface area contributed by atoms with Crippen LogP contribution < -0.4 is 5.32 Å². The van der Waals surface area contributed by atoms with E-state index < -0.39 is 0 Å². The first-order valence-electron chi connectivity index (χ1n) is 6.65. The molecule has 0 spiro atoms. The van der Waals surface area contributed by atoms with E-state index in [0.717, 1.165) is 19.3 Å². The minimum atomic E-state index is -0.272. The van der Waals surface area contributed by atoms with Gasteiger partial charge in [0, 0.05) is 13.0 Å². The van der Waals surface area contributed by atoms with E-state index in [0.29, 0.717) is 18.9 Å². The predicted molar refractivity (Wildman–Crippen MR) is 71.8 cm³/mol. The van der Waals surface area contributed by atoms with Crippen LogP contribution in [0.1, 0.15) is 60.3 Å². The van der Waals surface area contributed by atoms with E-state index in [9.17, 15) is 4.79 Å². The third-order valence-corrected chi connectivity index (χ3v) is 2.62. The summed E-state index contributed by atoms with van der Waals surface area (Å²) in [6, 6.07) is 0. The number of hydrogen-bond acceptors (Lipinski definition) is 2. The van der Waals surface area contributed by atoms with Crippen LogP contribution in [-0.2, 0) is 4.79 Å². The van der Waals surface area contributed by atoms with Gasteiger partial charge in [-0.3, -0.25) is 4.79 Å². The Morgan fingerprint density at radius 3 is 2.35 bits per heavy atom. The number of aliphatic hydroxyl groups excluding tert-OH is 1. The molecule has 0 aliphatic carbocycles. The Kier molecular flexibility index (Phi) is 7.44. The summed E-state index contributed by atoms with van der Waals surface area (Å²) >= 11 is 0. The fourth-order valence-corrected chi connectivity index (χ4v) is 2.13. The number of nitrogens with one attached hydrogen (secondary N) is 1. The molecule has 0 bridgehead atoms. The fraction of sp³-hybridized carbons (Fsp3) is 0.929. The maximum absolute atomic E-state index is 11.6. The van der Waals surface area contributed by atoms with Crippen LogP contribution in [-0.4, -0.2) is 23.7 Å². The number of rotatable bonds is 7. The lowest BCUT2D eigenvalue weighted by atomic mass is 9.84. The average molecular weight is 243 g/mol. The van der Waals surface area contributed by atoms with Gasteiger partial charge in [0.1, 0.15) is 0 Å². The molecule has 2 N–H and O–H groups in total. The SMILES string of the molecule is CC(O)CCCNC(=O)CC(C)CC(C)(C)C. The molecule has 0 radical (unpaired) electrons. The van der Waals surface area contributed by atoms with Gasteiger partial charge in [0.2, 0.25) is 5.91 Å². The van der Waals surface area contributed by atoms with Crippen LogP contribution in [0, 0.1) is 11.3 Å². The van der Waals surface area contributed by atoms with Gasteiger partial charge in [-0.25, -0.2) is 0 Å². The first-order valence-corrected chi connectivity index (χ1v) is 6.65. The molecule has 1 amide bonds. The highest BCUT2D eigenvalue weighted by Crippen LogP contribution is 2.25. The van der Waals surface area contributed by atoms with E-state index in [1.54, 1.807) is 6.92 Å². The molecule has 2 atom stereocenters. The number of carbonyl (C=O) groups excluding carboxylic acids is 1. The van der Waals surface area contributed by atoms with Crippen LogP contribution in [0.25, 0.3) is 0 Å². The Labute approximate surface area is 106 Å². The molecule has 3 nitrogen and oxygen atoms in total. The second-order valence-corrected chi connectivity index (χ2v) is 6.42. The lowest BCUT2D eigenvalue weighted by Crippen LogP contribution is -2.27. The molecule has 0 aromatic carbocycles. The molecule has 0 aliphatic heterocycles. The molecule has 0 aliphatic rings. The molecule has 102 valence electrons. The van der Waals surface area contributed by atoms with E-state index in [1.807, 2.05) is 0 Å². The van der Waals surface area contributed by atoms with E-state index >= 15 is 0 Å². The molecule has 0 fully saturated rings. The highest BCUT2D eigenvalue weighted by Gasteiger charge is 2.17. The van der Waals surface area contributed by atoms with Gasteiger partial charge in [0.25, 0.3) is 0 Å². The molecular formula is C14H29NO2. The van der Waals surface area contributed by atoms with Crippen LogP contribution >= 0.6 is 0 Å². The minimum absolute atomic E-state index is 0.132. The van der Waals surface area contributed by atoms with Crippen LogP contribution in [0.15, 0.2) is 0 Å². The van der Waals surface area contributed by atoms with Crippen molar-refractivity contribution in [2.45, 2.75) is 66.4 Å². The van der Waals surface area contributed by atoms with Crippen molar-refractivity contribution >= 4 is 5.91 Å². The highest BCUT2D eigenvalue weighted by molar-refractivity contribution is 5.76. The Morgan fingerprint density at radius 2 is 1.88 bits per heavy atom. The molecule has 2 unspecified atom stereocenters. The summed E-state index contributed by atoms with van der Waals surface area (Å²) in [5.74, 6) is 0.555. The van der Waals surface area contributed by atoms with Crippen molar-refractivity contribution in [2.24, 2.45) is 11.3 Å². The second kappa shape index (κ2) is 7.70. The molecule has 3 heteroatoms. The van der Waals surface area contributed by atoms with Gasteiger partial charge < -0.3 is 10.4 Å². The van der Waals surface area contributed by atoms with Crippen molar-refractivity contribution in [1.29, 1.82) is 0 Å². The van der Waals surface area contributed by atoms with Gasteiger partial charge in [-0.05, 0) is 37.5 Å². The molecule has 0 rings (SSSR count). The average Bonchev–Trinajstić information content (AvgIpc) is 2.08. The monoisotopic (exact) mass is 243 g/mol. The van der Waals surface area contributed by atoms with Crippen LogP contribution in [0.2, 0.25) is 0 Å². The Bertz CT molecular complexity index is 219. The Hall–Kier alpha value is -0.570. The minimum Gasteiger partial charge on any atom is -0.393 e. The highest BCUT2D eigenvalue weighted by atomic mass is 16.3. The zero-order valence-electron chi connectivity index (χ0n) is 12.0. The summed E-state index contributed by atoms with van der Waals surface area (Å²) in [6.45, 7) is 11.2. The van der Waals surface area contributed by atoms with Crippen molar-refractivity contribution in [3.63, 3.8) is 0 Å². The van der Waals surface area contributed by atoms with Gasteiger partial charge in [-0.15, -0.1) is 0 Å². The molecule has 0 saturated carbocycles. The van der Waals surface area contributed by atoms with E-state index in [4.69, 9.17) is 5.11 Å². The maximum atomic E-state index is 11.6. The number of aliphatic hydroxyl groups is 1. The molecule has 0 heterocycles. The van der Waals surface area contributed by atoms with Gasteiger partial charge in [0.15, 0.2) is 0 Å². The van der Waals surface area contributed by atoms with Crippen LogP contribution in [0.3, 0.4) is 0 Å². The molecule has 0 saturated heterocycles. The van der Waals surface area contributed by atoms with E-state index in [-0.39, 0.29) is 17.4 Å². The van der Waals surface area contributed by atoms with Crippen LogP contribution in [0.4, 0.5) is 0 Å². The quantitative estimate of drug-likeness (QED) is 0.675. The lowest BCUT2D eigenvalue weighted by Gasteiger charge is -2.22. The summed E-state index contributed by atoms with van der Waals surface area (Å²) < 4.78 is 0. The zero-order valence-corrected chi connectivity index (χ0v) is 12.0. The summed E-state index contributed by atoms with van der Waals surface area (Å²) in [4.78, 5) is 11.6. The molecule has 0 aromatic heterocycles. The normalized spacial score (nSPS) is 15.4. The molecule has 17 heavy (non-hydrogen) atoms. The van der Waals surface area contributed by atoms with Gasteiger partial charge >= 0.3 is 0 Å². The molecular weight excluding hydrogens is 214 g/mol. The summed E-state index contributed by atoms with van der Waals surface area (Å²) in [7, 11) is 0. The van der Waals surface area contributed by atoms with Crippen molar-refractivity contribution in [1.82, 2.24) is 5.32 Å². The lowest BCUT2D eigenvalue weighted by molar-refractivity contribution is -0.122. The van der Waals surface area contributed by atoms with Crippen molar-refractivity contribution in [2.75, 3.05) is 6.54 Å². The van der Waals surface area contributed by atoms with Crippen LogP contribution in [0.5, 0.6) is 0 Å². The number of amides is 1. The smallest absolute Gasteiger partial charge is 0.220 e. The Morgan fingerprint density at radius 1 is 1.29 bits per heavy atom. The van der Waals surface area contributed by atoms with Crippen molar-refractivity contribution < 1.29 is 9.90 Å². The largest absolute Gasteiger partial charge is 0.393 e. The first kappa shape index (κ1) is 16.4. The van der Waals surface area contributed by atoms with E-state index in [2.05, 4.69) is 33.0 Å². The summed E-state index contributed by atoms with van der Waals surface area (Å²) in [5.41, 5.74) is 0.284. The number of hydrogen-bond donors (Lipinski definition) is 2. The van der Waals surface area contributed by atoms with Gasteiger partial charge in [-0.2, -0.15) is 0 Å². The fourth-order valence-electron chi connectivity index (χ4n) is 2.13. The van der Waals surface area contributed by atoms with Crippen molar-refractivity contribution in [3.8, 4) is 0 Å². The third kappa shape index (κ3) is 11.7. The third-order valence-electron chi connectivity index (χ3n) is 2.62. The van der Waals surface area contributed by atoms with Gasteiger partial charge in [0.05, 0.1) is 6.10 Å². The van der Waals surface area contributed by atoms with Crippen molar-refractivity contribution in [3.05, 3.63) is 0 Å². The topological polar surface area (TPSA) is 49.3 Å². The van der Waals surface area contributed by atoms with E-state index in [1.165, 1.54) is 0 Å². The van der Waals surface area contributed by atoms with Gasteiger partial charge in [-0.1, -0.05) is 27.7 Å². The number of carbonyl (C=O) groups is 1. The summed E-state index contributed by atoms with van der Waals surface area (Å²) in [6.07, 6.45) is 2.99. The maximum Gasteiger partial charge on any atom is 0.220 e. The predicted octanol–water partition coefficient (Wildman–Crippen LogP) is 2.73.